The Morgan fingerprint density at radius 2 is 1.78 bits per heavy atom. The van der Waals surface area contributed by atoms with E-state index < -0.39 is 40.3 Å². The molecule has 0 aliphatic heterocycles. The third kappa shape index (κ3) is 11.1. The molecule has 0 saturated carbocycles. The van der Waals surface area contributed by atoms with Crippen molar-refractivity contribution in [1.82, 2.24) is 0 Å². The van der Waals surface area contributed by atoms with E-state index in [-0.39, 0.29) is 63.2 Å². The molecule has 2 atom stereocenters. The van der Waals surface area contributed by atoms with Crippen molar-refractivity contribution in [3.8, 4) is 11.5 Å². The second-order valence-electron chi connectivity index (χ2n) is 11.5. The molecular weight excluding hydrogens is 696 g/mol. The summed E-state index contributed by atoms with van der Waals surface area (Å²) >= 11 is 1.03. The second kappa shape index (κ2) is 19.1. The van der Waals surface area contributed by atoms with Crippen LogP contribution in [-0.4, -0.2) is 68.5 Å². The number of aromatic carboxylic acids is 1. The number of fused-ring (bicyclic) bond motifs is 1. The number of carbonyl (C=O) groups excluding carboxylic acids is 1. The number of benzene rings is 3. The number of aliphatic hydroxyl groups is 1. The van der Waals surface area contributed by atoms with Gasteiger partial charge >= 0.3 is 41.7 Å². The summed E-state index contributed by atoms with van der Waals surface area (Å²) in [4.78, 5) is 36.0. The van der Waals surface area contributed by atoms with Gasteiger partial charge in [0.15, 0.2) is 11.2 Å². The van der Waals surface area contributed by atoms with E-state index >= 15 is 0 Å². The van der Waals surface area contributed by atoms with E-state index in [9.17, 15) is 42.9 Å². The summed E-state index contributed by atoms with van der Waals surface area (Å²) in [6, 6.07) is 13.3. The van der Waals surface area contributed by atoms with Gasteiger partial charge in [-0.2, -0.15) is 13.2 Å². The Labute approximate surface area is 319 Å². The number of unbranched alkanes of at least 4 members (excludes halogenated alkanes) is 2. The molecule has 4 rings (SSSR count). The number of carboxylic acids is 1. The van der Waals surface area contributed by atoms with E-state index in [0.29, 0.717) is 42.1 Å². The predicted molar refractivity (Wildman–Crippen MR) is 192 cm³/mol. The number of Topliss-reactive ketones (excluding diaryl/α,β-unsaturated/α-hetero) is 1. The first kappa shape index (κ1) is 41.6. The Balaban J connectivity index is 0.00000702. The monoisotopic (exact) mass is 734 g/mol. The summed E-state index contributed by atoms with van der Waals surface area (Å²) in [6.45, 7) is 3.76. The molecule has 0 fully saturated rings. The quantitative estimate of drug-likeness (QED) is 0.0342. The molecule has 0 aliphatic rings. The summed E-state index contributed by atoms with van der Waals surface area (Å²) in [7, 11) is 0. The van der Waals surface area contributed by atoms with Crippen LogP contribution in [0.2, 0.25) is 0 Å². The molecule has 3 N–H and O–H groups in total. The van der Waals surface area contributed by atoms with Crippen molar-refractivity contribution < 1.29 is 47.2 Å². The van der Waals surface area contributed by atoms with Gasteiger partial charge in [-0.05, 0) is 74.6 Å². The van der Waals surface area contributed by atoms with Crippen LogP contribution < -0.4 is 10.2 Å². The van der Waals surface area contributed by atoms with Gasteiger partial charge in [0.2, 0.25) is 5.76 Å². The molecule has 1 aromatic heterocycles. The summed E-state index contributed by atoms with van der Waals surface area (Å²) in [6.07, 6.45) is 3.97. The molecule has 1 heterocycles. The van der Waals surface area contributed by atoms with Crippen LogP contribution in [-0.2, 0) is 12.6 Å². The first-order valence-electron chi connectivity index (χ1n) is 16.0. The molecule has 0 unspecified atom stereocenters. The standard InChI is InChI=1S/C38H37F3O8S.Na.H/c1-3-12-28-31(19-18-25(23(2)42)35(28)44)48-20-11-7-5-4-6-8-15-34(36(45)26-13-9-10-14-29(26)38(39,40)41)50-24-16-17-27-30(43)22-33(37(46)47)49-32(27)21-24;;/h4,6,8-10,13-19,21-22,34,36,44-45H,3,5,7,11-12,20H2,1-2H3,(H,46,47);;/b6-4-,15-8+;;/t34-,36+;;/m0../s1. The predicted octanol–water partition coefficient (Wildman–Crippen LogP) is 8.28. The maximum absolute atomic E-state index is 13.8. The molecule has 51 heavy (non-hydrogen) atoms. The van der Waals surface area contributed by atoms with Crippen LogP contribution in [0.15, 0.2) is 99.1 Å². The molecule has 0 spiro atoms. The van der Waals surface area contributed by atoms with Gasteiger partial charge in [0.25, 0.3) is 0 Å². The van der Waals surface area contributed by atoms with Crippen LogP contribution in [0.5, 0.6) is 11.5 Å². The van der Waals surface area contributed by atoms with E-state index in [4.69, 9.17) is 9.15 Å². The Morgan fingerprint density at radius 1 is 1.04 bits per heavy atom. The summed E-state index contributed by atoms with van der Waals surface area (Å²) in [5.41, 5.74) is -0.975. The number of ether oxygens (including phenoxy) is 1. The van der Waals surface area contributed by atoms with E-state index in [1.165, 1.54) is 37.3 Å². The number of phenols is 1. The van der Waals surface area contributed by atoms with Gasteiger partial charge < -0.3 is 24.5 Å². The fraction of sp³-hybridized carbons (Fsp3) is 0.289. The van der Waals surface area contributed by atoms with Gasteiger partial charge in [-0.15, -0.1) is 11.8 Å². The number of thioether (sulfide) groups is 1. The average Bonchev–Trinajstić information content (AvgIpc) is 3.07. The number of allylic oxidation sites excluding steroid dienone is 3. The fourth-order valence-electron chi connectivity index (χ4n) is 5.29. The number of aromatic hydroxyl groups is 1. The molecular formula is C38H38F3NaO8S. The summed E-state index contributed by atoms with van der Waals surface area (Å²) in [5.74, 6) is -1.71. The summed E-state index contributed by atoms with van der Waals surface area (Å²) < 4.78 is 52.8. The molecule has 0 amide bonds. The first-order chi connectivity index (χ1) is 23.8. The van der Waals surface area contributed by atoms with Crippen LogP contribution in [0, 0.1) is 0 Å². The molecule has 8 nitrogen and oxygen atoms in total. The van der Waals surface area contributed by atoms with Crippen molar-refractivity contribution in [1.29, 1.82) is 0 Å². The summed E-state index contributed by atoms with van der Waals surface area (Å²) in [5, 5.41) is 30.3. The molecule has 13 heteroatoms. The van der Waals surface area contributed by atoms with E-state index in [0.717, 1.165) is 36.7 Å². The zero-order valence-corrected chi connectivity index (χ0v) is 28.2. The molecule has 0 saturated heterocycles. The van der Waals surface area contributed by atoms with Crippen LogP contribution in [0.4, 0.5) is 13.2 Å². The maximum atomic E-state index is 13.8. The first-order valence-corrected chi connectivity index (χ1v) is 16.8. The van der Waals surface area contributed by atoms with Gasteiger partial charge in [0.1, 0.15) is 17.1 Å². The number of carbonyl (C=O) groups is 2. The number of halogens is 3. The fourth-order valence-corrected chi connectivity index (χ4v) is 6.37. The molecule has 4 aromatic rings. The minimum atomic E-state index is -4.70. The van der Waals surface area contributed by atoms with Crippen molar-refractivity contribution in [2.75, 3.05) is 6.61 Å². The van der Waals surface area contributed by atoms with Crippen LogP contribution in [0.3, 0.4) is 0 Å². The Bertz CT molecular complexity index is 1950. The van der Waals surface area contributed by atoms with Crippen LogP contribution in [0.1, 0.15) is 83.2 Å². The van der Waals surface area contributed by atoms with Crippen molar-refractivity contribution in [3.05, 3.63) is 123 Å². The third-order valence-electron chi connectivity index (χ3n) is 7.77. The second-order valence-corrected chi connectivity index (χ2v) is 12.7. The Hall–Kier alpha value is -3.81. The minimum absolute atomic E-state index is 0. The van der Waals surface area contributed by atoms with Gasteiger partial charge in [-0.25, -0.2) is 4.79 Å². The number of aliphatic hydroxyl groups excluding tert-OH is 1. The van der Waals surface area contributed by atoms with E-state index in [1.54, 1.807) is 36.4 Å². The van der Waals surface area contributed by atoms with Gasteiger partial charge in [-0.1, -0.05) is 55.8 Å². The number of ketones is 1. The number of hydrogen-bond donors (Lipinski definition) is 3. The van der Waals surface area contributed by atoms with Gasteiger partial charge in [-0.3, -0.25) is 9.59 Å². The van der Waals surface area contributed by atoms with Crippen molar-refractivity contribution in [2.24, 2.45) is 0 Å². The van der Waals surface area contributed by atoms with Crippen LogP contribution in [0.25, 0.3) is 11.0 Å². The molecule has 0 bridgehead atoms. The average molecular weight is 735 g/mol. The van der Waals surface area contributed by atoms with E-state index in [2.05, 4.69) is 0 Å². The number of hydrogen-bond acceptors (Lipinski definition) is 8. The SMILES string of the molecule is CCCc1c(OCCCC/C=C\C=C\[C@H](Sc2ccc3c(=O)cc(C(=O)O)oc3c2)[C@H](O)c2ccccc2C(F)(F)F)ccc(C(C)=O)c1O.[NaH]. The van der Waals surface area contributed by atoms with Crippen molar-refractivity contribution in [3.63, 3.8) is 0 Å². The zero-order chi connectivity index (χ0) is 36.4. The molecule has 0 radical (unpaired) electrons. The molecule has 266 valence electrons. The van der Waals surface area contributed by atoms with Gasteiger partial charge in [0, 0.05) is 16.5 Å². The van der Waals surface area contributed by atoms with Gasteiger partial charge in [0.05, 0.1) is 34.5 Å². The zero-order valence-electron chi connectivity index (χ0n) is 27.4. The number of phenolic OH excluding ortho intramolecular Hbond substituents is 1. The number of rotatable bonds is 16. The Kier molecular flexibility index (Phi) is 15.6. The number of carboxylic acid groups (broad SMARTS) is 1. The van der Waals surface area contributed by atoms with Crippen molar-refractivity contribution in [2.45, 2.75) is 68.4 Å². The normalized spacial score (nSPS) is 13.0. The Morgan fingerprint density at radius 3 is 2.47 bits per heavy atom. The van der Waals surface area contributed by atoms with E-state index in [1.807, 2.05) is 13.0 Å². The van der Waals surface area contributed by atoms with Crippen molar-refractivity contribution >= 4 is 64.0 Å². The topological polar surface area (TPSA) is 134 Å². The third-order valence-corrected chi connectivity index (χ3v) is 8.98. The molecule has 3 aromatic carbocycles. The van der Waals surface area contributed by atoms with Crippen LogP contribution >= 0.6 is 11.8 Å². The number of alkyl halides is 3. The molecule has 0 aliphatic carbocycles.